The molecule has 0 aliphatic heterocycles. The van der Waals surface area contributed by atoms with E-state index < -0.39 is 5.97 Å². The number of aliphatic carboxylic acids is 1. The third kappa shape index (κ3) is 6.20. The van der Waals surface area contributed by atoms with Gasteiger partial charge in [-0.25, -0.2) is 4.79 Å². The van der Waals surface area contributed by atoms with Crippen LogP contribution in [0.2, 0.25) is 0 Å². The Hall–Kier alpha value is -1.61. The molecule has 0 aliphatic carbocycles. The van der Waals surface area contributed by atoms with Gasteiger partial charge in [0.25, 0.3) is 0 Å². The van der Waals surface area contributed by atoms with E-state index in [4.69, 9.17) is 5.11 Å². The minimum Gasteiger partial charge on any atom is -0.478 e. The molecule has 0 fully saturated rings. The Morgan fingerprint density at radius 1 is 1.37 bits per heavy atom. The highest BCUT2D eigenvalue weighted by Crippen LogP contribution is 2.10. The number of rotatable bonds is 8. The largest absolute Gasteiger partial charge is 0.478 e. The van der Waals surface area contributed by atoms with Crippen LogP contribution in [-0.4, -0.2) is 29.1 Å². The number of hydrogen-bond donors (Lipinski definition) is 1. The number of carboxylic acid groups (broad SMARTS) is 1. The predicted molar refractivity (Wildman–Crippen MR) is 79.0 cm³/mol. The predicted octanol–water partition coefficient (Wildman–Crippen LogP) is 3.41. The van der Waals surface area contributed by atoms with Crippen molar-refractivity contribution in [1.82, 2.24) is 4.90 Å². The molecule has 0 heterocycles. The van der Waals surface area contributed by atoms with Crippen LogP contribution in [0.5, 0.6) is 0 Å². The van der Waals surface area contributed by atoms with E-state index in [0.29, 0.717) is 0 Å². The Kier molecular flexibility index (Phi) is 6.90. The fraction of sp³-hybridized carbons (Fsp3) is 0.438. The second-order valence-corrected chi connectivity index (χ2v) is 4.64. The summed E-state index contributed by atoms with van der Waals surface area (Å²) in [5.41, 5.74) is 2.16. The van der Waals surface area contributed by atoms with Gasteiger partial charge in [0, 0.05) is 12.6 Å². The lowest BCUT2D eigenvalue weighted by molar-refractivity contribution is -0.131. The second kappa shape index (κ2) is 8.48. The van der Waals surface area contributed by atoms with Crippen LogP contribution in [0.3, 0.4) is 0 Å². The van der Waals surface area contributed by atoms with Gasteiger partial charge in [-0.05, 0) is 36.7 Å². The summed E-state index contributed by atoms with van der Waals surface area (Å²) in [5.74, 6) is -0.913. The molecule has 0 atom stereocenters. The molecule has 0 aliphatic rings. The minimum absolute atomic E-state index is 0.913. The second-order valence-electron chi connectivity index (χ2n) is 4.64. The van der Waals surface area contributed by atoms with Crippen molar-refractivity contribution in [2.75, 3.05) is 13.1 Å². The summed E-state index contributed by atoms with van der Waals surface area (Å²) in [6, 6.07) is 8.04. The highest BCUT2D eigenvalue weighted by molar-refractivity contribution is 5.85. The van der Waals surface area contributed by atoms with Crippen LogP contribution in [0.4, 0.5) is 0 Å². The van der Waals surface area contributed by atoms with Gasteiger partial charge in [0.1, 0.15) is 0 Å². The summed E-state index contributed by atoms with van der Waals surface area (Å²) < 4.78 is 0. The molecular formula is C16H23NO2. The van der Waals surface area contributed by atoms with E-state index in [1.807, 2.05) is 18.2 Å². The van der Waals surface area contributed by atoms with Crippen molar-refractivity contribution >= 4 is 12.0 Å². The molecule has 1 rings (SSSR count). The van der Waals surface area contributed by atoms with Crippen molar-refractivity contribution in [3.05, 3.63) is 41.5 Å². The quantitative estimate of drug-likeness (QED) is 0.729. The first-order valence-electron chi connectivity index (χ1n) is 6.88. The summed E-state index contributed by atoms with van der Waals surface area (Å²) in [6.07, 6.45) is 5.23. The van der Waals surface area contributed by atoms with Crippen LogP contribution in [0, 0.1) is 0 Å². The molecule has 0 saturated carbocycles. The maximum Gasteiger partial charge on any atom is 0.328 e. The molecule has 0 amide bonds. The average Bonchev–Trinajstić information content (AvgIpc) is 2.41. The summed E-state index contributed by atoms with van der Waals surface area (Å²) in [5, 5.41) is 8.63. The van der Waals surface area contributed by atoms with E-state index in [2.05, 4.69) is 24.8 Å². The number of benzene rings is 1. The van der Waals surface area contributed by atoms with Gasteiger partial charge in [-0.15, -0.1) is 0 Å². The van der Waals surface area contributed by atoms with Crippen molar-refractivity contribution in [3.8, 4) is 0 Å². The monoisotopic (exact) mass is 261 g/mol. The Morgan fingerprint density at radius 3 is 2.79 bits per heavy atom. The van der Waals surface area contributed by atoms with Crippen molar-refractivity contribution in [1.29, 1.82) is 0 Å². The first-order chi connectivity index (χ1) is 9.15. The number of hydrogen-bond acceptors (Lipinski definition) is 2. The molecule has 0 saturated heterocycles. The van der Waals surface area contributed by atoms with Crippen molar-refractivity contribution in [2.45, 2.75) is 33.2 Å². The first-order valence-corrected chi connectivity index (χ1v) is 6.88. The van der Waals surface area contributed by atoms with Crippen LogP contribution in [-0.2, 0) is 11.3 Å². The zero-order valence-corrected chi connectivity index (χ0v) is 11.8. The van der Waals surface area contributed by atoms with Gasteiger partial charge in [0.05, 0.1) is 0 Å². The molecule has 3 heteroatoms. The molecule has 0 aromatic heterocycles. The molecule has 104 valence electrons. The van der Waals surface area contributed by atoms with E-state index in [1.54, 1.807) is 6.08 Å². The SMILES string of the molecule is CCCCN(CC)Cc1cccc(/C=C/C(=O)O)c1. The molecule has 0 bridgehead atoms. The Morgan fingerprint density at radius 2 is 2.16 bits per heavy atom. The fourth-order valence-corrected chi connectivity index (χ4v) is 1.95. The molecule has 1 aromatic carbocycles. The lowest BCUT2D eigenvalue weighted by atomic mass is 10.1. The standard InChI is InChI=1S/C16H23NO2/c1-3-5-11-17(4-2)13-15-8-6-7-14(12-15)9-10-16(18)19/h6-10,12H,3-5,11,13H2,1-2H3,(H,18,19)/b10-9+. The lowest BCUT2D eigenvalue weighted by Crippen LogP contribution is -2.23. The fourth-order valence-electron chi connectivity index (χ4n) is 1.95. The Balaban J connectivity index is 2.67. The topological polar surface area (TPSA) is 40.5 Å². The highest BCUT2D eigenvalue weighted by atomic mass is 16.4. The maximum atomic E-state index is 10.5. The van der Waals surface area contributed by atoms with Gasteiger partial charge in [0.2, 0.25) is 0 Å². The molecule has 1 aromatic rings. The van der Waals surface area contributed by atoms with Crippen LogP contribution in [0.15, 0.2) is 30.3 Å². The van der Waals surface area contributed by atoms with Crippen LogP contribution in [0.1, 0.15) is 37.8 Å². The molecule has 0 radical (unpaired) electrons. The minimum atomic E-state index is -0.913. The number of carboxylic acids is 1. The van der Waals surface area contributed by atoms with Crippen LogP contribution >= 0.6 is 0 Å². The first kappa shape index (κ1) is 15.4. The summed E-state index contributed by atoms with van der Waals surface area (Å²) in [7, 11) is 0. The van der Waals surface area contributed by atoms with Gasteiger partial charge in [-0.1, -0.05) is 44.5 Å². The Bertz CT molecular complexity index is 427. The van der Waals surface area contributed by atoms with Gasteiger partial charge in [0.15, 0.2) is 0 Å². The van der Waals surface area contributed by atoms with Gasteiger partial charge in [-0.3, -0.25) is 4.90 Å². The third-order valence-electron chi connectivity index (χ3n) is 3.05. The van der Waals surface area contributed by atoms with Gasteiger partial charge in [-0.2, -0.15) is 0 Å². The van der Waals surface area contributed by atoms with E-state index in [9.17, 15) is 4.79 Å². The van der Waals surface area contributed by atoms with Crippen LogP contribution in [0.25, 0.3) is 6.08 Å². The number of carbonyl (C=O) groups is 1. The van der Waals surface area contributed by atoms with E-state index in [1.165, 1.54) is 24.5 Å². The Labute approximate surface area is 115 Å². The molecule has 0 unspecified atom stereocenters. The number of nitrogens with zero attached hydrogens (tertiary/aromatic N) is 1. The summed E-state index contributed by atoms with van der Waals surface area (Å²) >= 11 is 0. The lowest BCUT2D eigenvalue weighted by Gasteiger charge is -2.20. The molecular weight excluding hydrogens is 238 g/mol. The third-order valence-corrected chi connectivity index (χ3v) is 3.05. The van der Waals surface area contributed by atoms with Gasteiger partial charge < -0.3 is 5.11 Å². The van der Waals surface area contributed by atoms with Crippen molar-refractivity contribution < 1.29 is 9.90 Å². The van der Waals surface area contributed by atoms with E-state index >= 15 is 0 Å². The normalized spacial score (nSPS) is 11.3. The molecule has 3 nitrogen and oxygen atoms in total. The van der Waals surface area contributed by atoms with Crippen molar-refractivity contribution in [3.63, 3.8) is 0 Å². The molecule has 1 N–H and O–H groups in total. The van der Waals surface area contributed by atoms with Crippen molar-refractivity contribution in [2.24, 2.45) is 0 Å². The van der Waals surface area contributed by atoms with E-state index in [-0.39, 0.29) is 0 Å². The zero-order chi connectivity index (χ0) is 14.1. The smallest absolute Gasteiger partial charge is 0.328 e. The number of unbranched alkanes of at least 4 members (excludes halogenated alkanes) is 1. The van der Waals surface area contributed by atoms with E-state index in [0.717, 1.165) is 25.2 Å². The van der Waals surface area contributed by atoms with Crippen LogP contribution < -0.4 is 0 Å². The highest BCUT2D eigenvalue weighted by Gasteiger charge is 2.03. The average molecular weight is 261 g/mol. The molecule has 0 spiro atoms. The molecule has 19 heavy (non-hydrogen) atoms. The summed E-state index contributed by atoms with van der Waals surface area (Å²) in [6.45, 7) is 7.44. The zero-order valence-electron chi connectivity index (χ0n) is 11.8. The summed E-state index contributed by atoms with van der Waals surface area (Å²) in [4.78, 5) is 12.9. The van der Waals surface area contributed by atoms with Gasteiger partial charge >= 0.3 is 5.97 Å². The maximum absolute atomic E-state index is 10.5.